The smallest absolute Gasteiger partial charge is 0.224 e. The summed E-state index contributed by atoms with van der Waals surface area (Å²) in [6.45, 7) is 1.51. The molecule has 4 rings (SSSR count). The molecule has 0 aliphatic rings. The van der Waals surface area contributed by atoms with E-state index in [-0.39, 0.29) is 5.91 Å². The van der Waals surface area contributed by atoms with Crippen LogP contribution in [0, 0.1) is 0 Å². The number of imidazole rings is 1. The zero-order chi connectivity index (χ0) is 17.8. The second-order valence-corrected chi connectivity index (χ2v) is 6.49. The molecule has 4 nitrogen and oxygen atoms in total. The Morgan fingerprint density at radius 1 is 0.962 bits per heavy atom. The SMILES string of the molecule is O=C(Cc1ccc2ccccc2c1)NCCCn1cnc2ccccc21. The van der Waals surface area contributed by atoms with Crippen LogP contribution in [0.3, 0.4) is 0 Å². The van der Waals surface area contributed by atoms with Gasteiger partial charge in [0.05, 0.1) is 23.8 Å². The maximum absolute atomic E-state index is 12.2. The monoisotopic (exact) mass is 343 g/mol. The quantitative estimate of drug-likeness (QED) is 0.539. The first-order chi connectivity index (χ1) is 12.8. The van der Waals surface area contributed by atoms with E-state index in [4.69, 9.17) is 0 Å². The van der Waals surface area contributed by atoms with Gasteiger partial charge in [0.25, 0.3) is 0 Å². The van der Waals surface area contributed by atoms with Crippen LogP contribution in [0.1, 0.15) is 12.0 Å². The van der Waals surface area contributed by atoms with Gasteiger partial charge in [-0.15, -0.1) is 0 Å². The number of nitrogens with one attached hydrogen (secondary N) is 1. The van der Waals surface area contributed by atoms with Crippen molar-refractivity contribution in [2.24, 2.45) is 0 Å². The zero-order valence-corrected chi connectivity index (χ0v) is 14.6. The highest BCUT2D eigenvalue weighted by Crippen LogP contribution is 2.16. The van der Waals surface area contributed by atoms with E-state index in [1.54, 1.807) is 0 Å². The molecule has 26 heavy (non-hydrogen) atoms. The van der Waals surface area contributed by atoms with Crippen LogP contribution in [0.5, 0.6) is 0 Å². The van der Waals surface area contributed by atoms with Crippen molar-refractivity contribution in [3.8, 4) is 0 Å². The first kappa shape index (κ1) is 16.3. The second kappa shape index (κ2) is 7.40. The molecular weight excluding hydrogens is 322 g/mol. The fraction of sp³-hybridized carbons (Fsp3) is 0.182. The Bertz CT molecular complexity index is 1050. The Kier molecular flexibility index (Phi) is 4.65. The van der Waals surface area contributed by atoms with Crippen LogP contribution in [-0.2, 0) is 17.8 Å². The predicted molar refractivity (Wildman–Crippen MR) is 105 cm³/mol. The third kappa shape index (κ3) is 3.59. The Labute approximate surface area is 152 Å². The number of fused-ring (bicyclic) bond motifs is 2. The molecule has 0 fully saturated rings. The lowest BCUT2D eigenvalue weighted by Crippen LogP contribution is -2.26. The summed E-state index contributed by atoms with van der Waals surface area (Å²) in [5.74, 6) is 0.0655. The van der Waals surface area contributed by atoms with Crippen molar-refractivity contribution in [1.29, 1.82) is 0 Å². The number of nitrogens with zero attached hydrogens (tertiary/aromatic N) is 2. The van der Waals surface area contributed by atoms with E-state index < -0.39 is 0 Å². The number of aromatic nitrogens is 2. The Morgan fingerprint density at radius 3 is 2.69 bits per heavy atom. The molecule has 1 N–H and O–H groups in total. The summed E-state index contributed by atoms with van der Waals surface area (Å²) in [4.78, 5) is 16.6. The standard InChI is InChI=1S/C22H21N3O/c26-22(15-17-10-11-18-6-1-2-7-19(18)14-17)23-12-5-13-25-16-24-20-8-3-4-9-21(20)25/h1-4,6-11,14,16H,5,12-13,15H2,(H,23,26). The molecule has 4 aromatic rings. The van der Waals surface area contributed by atoms with E-state index in [9.17, 15) is 4.79 Å². The molecule has 0 unspecified atom stereocenters. The molecule has 0 aliphatic carbocycles. The molecule has 3 aromatic carbocycles. The average Bonchev–Trinajstić information content (AvgIpc) is 3.08. The fourth-order valence-corrected chi connectivity index (χ4v) is 3.26. The van der Waals surface area contributed by atoms with Gasteiger partial charge in [-0.2, -0.15) is 0 Å². The van der Waals surface area contributed by atoms with E-state index in [1.807, 2.05) is 42.7 Å². The lowest BCUT2D eigenvalue weighted by molar-refractivity contribution is -0.120. The highest BCUT2D eigenvalue weighted by Gasteiger charge is 2.05. The van der Waals surface area contributed by atoms with Crippen molar-refractivity contribution in [2.75, 3.05) is 6.54 Å². The van der Waals surface area contributed by atoms with Gasteiger partial charge in [-0.3, -0.25) is 4.79 Å². The topological polar surface area (TPSA) is 46.9 Å². The molecule has 1 amide bonds. The third-order valence-corrected chi connectivity index (χ3v) is 4.60. The predicted octanol–water partition coefficient (Wildman–Crippen LogP) is 3.94. The van der Waals surface area contributed by atoms with Crippen molar-refractivity contribution in [3.63, 3.8) is 0 Å². The van der Waals surface area contributed by atoms with Crippen molar-refractivity contribution in [2.45, 2.75) is 19.4 Å². The van der Waals surface area contributed by atoms with Crippen molar-refractivity contribution >= 4 is 27.7 Å². The molecule has 0 saturated heterocycles. The molecule has 1 heterocycles. The molecule has 0 bridgehead atoms. The summed E-state index contributed by atoms with van der Waals surface area (Å²) in [6, 6.07) is 22.5. The van der Waals surface area contributed by atoms with Crippen LogP contribution in [0.4, 0.5) is 0 Å². The normalized spacial score (nSPS) is 11.1. The number of carbonyl (C=O) groups is 1. The van der Waals surface area contributed by atoms with Crippen LogP contribution in [0.25, 0.3) is 21.8 Å². The molecule has 4 heteroatoms. The molecule has 130 valence electrons. The van der Waals surface area contributed by atoms with Gasteiger partial charge in [-0.05, 0) is 34.9 Å². The van der Waals surface area contributed by atoms with E-state index in [1.165, 1.54) is 10.8 Å². The van der Waals surface area contributed by atoms with Gasteiger partial charge in [0.2, 0.25) is 5.91 Å². The average molecular weight is 343 g/mol. The molecule has 0 radical (unpaired) electrons. The highest BCUT2D eigenvalue weighted by atomic mass is 16.1. The zero-order valence-electron chi connectivity index (χ0n) is 14.6. The molecule has 0 aliphatic heterocycles. The third-order valence-electron chi connectivity index (χ3n) is 4.60. The Morgan fingerprint density at radius 2 is 1.77 bits per heavy atom. The van der Waals surface area contributed by atoms with Crippen LogP contribution in [-0.4, -0.2) is 22.0 Å². The van der Waals surface area contributed by atoms with Gasteiger partial charge in [-0.1, -0.05) is 54.6 Å². The Hall–Kier alpha value is -3.14. The summed E-state index contributed by atoms with van der Waals surface area (Å²) in [7, 11) is 0. The van der Waals surface area contributed by atoms with Crippen LogP contribution < -0.4 is 5.32 Å². The van der Waals surface area contributed by atoms with E-state index in [2.05, 4.69) is 45.2 Å². The van der Waals surface area contributed by atoms with Gasteiger partial charge in [-0.25, -0.2) is 4.98 Å². The van der Waals surface area contributed by atoms with Gasteiger partial charge in [0, 0.05) is 13.1 Å². The molecule has 0 atom stereocenters. The summed E-state index contributed by atoms with van der Waals surface area (Å²) in [5, 5.41) is 5.39. The molecule has 0 saturated carbocycles. The number of rotatable bonds is 6. The minimum absolute atomic E-state index is 0.0655. The van der Waals surface area contributed by atoms with E-state index in [0.29, 0.717) is 13.0 Å². The number of hydrogen-bond donors (Lipinski definition) is 1. The van der Waals surface area contributed by atoms with Crippen LogP contribution in [0.2, 0.25) is 0 Å². The highest BCUT2D eigenvalue weighted by molar-refractivity contribution is 5.85. The molecule has 1 aromatic heterocycles. The second-order valence-electron chi connectivity index (χ2n) is 6.49. The van der Waals surface area contributed by atoms with Gasteiger partial charge in [0.1, 0.15) is 0 Å². The minimum Gasteiger partial charge on any atom is -0.356 e. The van der Waals surface area contributed by atoms with Crippen molar-refractivity contribution in [1.82, 2.24) is 14.9 Å². The number of benzene rings is 3. The van der Waals surface area contributed by atoms with Gasteiger partial charge >= 0.3 is 0 Å². The summed E-state index contributed by atoms with van der Waals surface area (Å²) < 4.78 is 2.13. The lowest BCUT2D eigenvalue weighted by Gasteiger charge is -2.07. The minimum atomic E-state index is 0.0655. The van der Waals surface area contributed by atoms with Crippen LogP contribution in [0.15, 0.2) is 73.1 Å². The maximum atomic E-state index is 12.2. The Balaban J connectivity index is 1.28. The molecular formula is C22H21N3O. The van der Waals surface area contributed by atoms with E-state index in [0.717, 1.165) is 29.6 Å². The summed E-state index contributed by atoms with van der Waals surface area (Å²) >= 11 is 0. The largest absolute Gasteiger partial charge is 0.356 e. The summed E-state index contributed by atoms with van der Waals surface area (Å²) in [5.41, 5.74) is 3.18. The number of carbonyl (C=O) groups excluding carboxylic acids is 1. The van der Waals surface area contributed by atoms with Crippen LogP contribution >= 0.6 is 0 Å². The number of aryl methyl sites for hydroxylation is 1. The van der Waals surface area contributed by atoms with E-state index >= 15 is 0 Å². The first-order valence-corrected chi connectivity index (χ1v) is 8.94. The number of para-hydroxylation sites is 2. The number of hydrogen-bond acceptors (Lipinski definition) is 2. The molecule has 0 spiro atoms. The summed E-state index contributed by atoms with van der Waals surface area (Å²) in [6.07, 6.45) is 3.16. The van der Waals surface area contributed by atoms with Crippen molar-refractivity contribution < 1.29 is 4.79 Å². The fourth-order valence-electron chi connectivity index (χ4n) is 3.26. The number of amides is 1. The van der Waals surface area contributed by atoms with Gasteiger partial charge in [0.15, 0.2) is 0 Å². The van der Waals surface area contributed by atoms with Gasteiger partial charge < -0.3 is 9.88 Å². The van der Waals surface area contributed by atoms with Crippen molar-refractivity contribution in [3.05, 3.63) is 78.6 Å². The lowest BCUT2D eigenvalue weighted by atomic mass is 10.0. The maximum Gasteiger partial charge on any atom is 0.224 e. The first-order valence-electron chi connectivity index (χ1n) is 8.94.